The van der Waals surface area contributed by atoms with E-state index in [0.29, 0.717) is 15.7 Å². The molecule has 0 aliphatic rings. The number of anilines is 1. The van der Waals surface area contributed by atoms with Gasteiger partial charge >= 0.3 is 6.03 Å². The van der Waals surface area contributed by atoms with Crippen molar-refractivity contribution in [3.8, 4) is 0 Å². The molecule has 2 aromatic rings. The summed E-state index contributed by atoms with van der Waals surface area (Å²) >= 11 is 13.2. The van der Waals surface area contributed by atoms with Crippen molar-refractivity contribution in [1.82, 2.24) is 5.32 Å². The summed E-state index contributed by atoms with van der Waals surface area (Å²) in [4.78, 5) is 11.8. The van der Waals surface area contributed by atoms with Gasteiger partial charge in [-0.05, 0) is 47.5 Å². The highest BCUT2D eigenvalue weighted by Gasteiger charge is 2.24. The molecule has 1 aromatic carbocycles. The lowest BCUT2D eigenvalue weighted by atomic mass is 9.99. The number of aliphatic hydroxyl groups is 1. The Morgan fingerprint density at radius 3 is 2.76 bits per heavy atom. The third-order valence-corrected chi connectivity index (χ3v) is 4.15. The number of hydrogen-bond acceptors (Lipinski definition) is 3. The number of nitrogens with one attached hydrogen (secondary N) is 2. The number of amides is 2. The third kappa shape index (κ3) is 4.35. The Labute approximate surface area is 136 Å². The fourth-order valence-electron chi connectivity index (χ4n) is 1.68. The monoisotopic (exact) mass is 344 g/mol. The van der Waals surface area contributed by atoms with Crippen molar-refractivity contribution in [2.45, 2.75) is 12.5 Å². The van der Waals surface area contributed by atoms with E-state index in [1.165, 1.54) is 11.3 Å². The zero-order valence-electron chi connectivity index (χ0n) is 11.2. The molecule has 0 saturated heterocycles. The first-order valence-electron chi connectivity index (χ1n) is 6.13. The Bertz CT molecular complexity index is 630. The van der Waals surface area contributed by atoms with E-state index in [1.807, 2.05) is 16.8 Å². The van der Waals surface area contributed by atoms with Gasteiger partial charge in [0.1, 0.15) is 5.60 Å². The number of hydrogen-bond donors (Lipinski definition) is 3. The largest absolute Gasteiger partial charge is 0.384 e. The zero-order valence-corrected chi connectivity index (χ0v) is 13.5. The lowest BCUT2D eigenvalue weighted by molar-refractivity contribution is 0.0604. The summed E-state index contributed by atoms with van der Waals surface area (Å²) in [6.07, 6.45) is 0. The molecule has 4 nitrogen and oxygen atoms in total. The Morgan fingerprint density at radius 1 is 1.38 bits per heavy atom. The lowest BCUT2D eigenvalue weighted by Gasteiger charge is -2.23. The van der Waals surface area contributed by atoms with Gasteiger partial charge in [-0.15, -0.1) is 0 Å². The van der Waals surface area contributed by atoms with Gasteiger partial charge in [-0.2, -0.15) is 11.3 Å². The van der Waals surface area contributed by atoms with Crippen LogP contribution in [0.1, 0.15) is 12.5 Å². The number of halogens is 2. The average Bonchev–Trinajstić information content (AvgIpc) is 2.95. The minimum atomic E-state index is -1.12. The molecule has 1 aromatic heterocycles. The molecule has 7 heteroatoms. The van der Waals surface area contributed by atoms with Gasteiger partial charge in [0.25, 0.3) is 0 Å². The molecule has 1 heterocycles. The molecule has 21 heavy (non-hydrogen) atoms. The molecule has 1 unspecified atom stereocenters. The van der Waals surface area contributed by atoms with Crippen LogP contribution in [0.5, 0.6) is 0 Å². The average molecular weight is 345 g/mol. The third-order valence-electron chi connectivity index (χ3n) is 2.92. The SMILES string of the molecule is CC(O)(CNC(=O)Nc1ccc(Cl)cc1Cl)c1ccsc1. The number of urea groups is 1. The number of carbonyl (C=O) groups excluding carboxylic acids is 1. The van der Waals surface area contributed by atoms with Crippen molar-refractivity contribution < 1.29 is 9.90 Å². The minimum absolute atomic E-state index is 0.0841. The van der Waals surface area contributed by atoms with Crippen LogP contribution in [0.4, 0.5) is 10.5 Å². The quantitative estimate of drug-likeness (QED) is 0.782. The first kappa shape index (κ1) is 16.1. The van der Waals surface area contributed by atoms with Gasteiger partial charge in [-0.25, -0.2) is 4.79 Å². The molecule has 0 aliphatic heterocycles. The van der Waals surface area contributed by atoms with E-state index >= 15 is 0 Å². The fourth-order valence-corrected chi connectivity index (χ4v) is 2.92. The van der Waals surface area contributed by atoms with Crippen LogP contribution in [0.3, 0.4) is 0 Å². The molecule has 0 aliphatic carbocycles. The maximum Gasteiger partial charge on any atom is 0.319 e. The lowest BCUT2D eigenvalue weighted by Crippen LogP contribution is -2.40. The van der Waals surface area contributed by atoms with Crippen molar-refractivity contribution in [2.75, 3.05) is 11.9 Å². The van der Waals surface area contributed by atoms with Gasteiger partial charge in [-0.1, -0.05) is 23.2 Å². The van der Waals surface area contributed by atoms with Crippen molar-refractivity contribution in [1.29, 1.82) is 0 Å². The number of thiophene rings is 1. The number of benzene rings is 1. The van der Waals surface area contributed by atoms with Crippen LogP contribution in [-0.4, -0.2) is 17.7 Å². The summed E-state index contributed by atoms with van der Waals surface area (Å²) in [6.45, 7) is 1.73. The van der Waals surface area contributed by atoms with Crippen LogP contribution in [0.15, 0.2) is 35.0 Å². The molecule has 0 saturated carbocycles. The summed E-state index contributed by atoms with van der Waals surface area (Å²) in [6, 6.07) is 6.15. The van der Waals surface area contributed by atoms with E-state index in [1.54, 1.807) is 25.1 Å². The van der Waals surface area contributed by atoms with Gasteiger partial charge in [0.05, 0.1) is 17.3 Å². The Kier molecular flexibility index (Phi) is 5.11. The van der Waals surface area contributed by atoms with Crippen molar-refractivity contribution in [2.24, 2.45) is 0 Å². The van der Waals surface area contributed by atoms with Crippen LogP contribution < -0.4 is 10.6 Å². The first-order chi connectivity index (χ1) is 9.88. The molecule has 0 bridgehead atoms. The second-order valence-electron chi connectivity index (χ2n) is 4.72. The second-order valence-corrected chi connectivity index (χ2v) is 6.34. The van der Waals surface area contributed by atoms with Gasteiger partial charge in [0.15, 0.2) is 0 Å². The number of carbonyl (C=O) groups is 1. The summed E-state index contributed by atoms with van der Waals surface area (Å²) in [5.74, 6) is 0. The van der Waals surface area contributed by atoms with E-state index in [-0.39, 0.29) is 6.54 Å². The van der Waals surface area contributed by atoms with E-state index < -0.39 is 11.6 Å². The highest BCUT2D eigenvalue weighted by atomic mass is 35.5. The molecule has 112 valence electrons. The normalized spacial score (nSPS) is 13.5. The molecule has 0 radical (unpaired) electrons. The second kappa shape index (κ2) is 6.66. The van der Waals surface area contributed by atoms with Gasteiger partial charge in [0, 0.05) is 5.02 Å². The number of rotatable bonds is 4. The molecular weight excluding hydrogens is 331 g/mol. The van der Waals surface area contributed by atoms with E-state index in [2.05, 4.69) is 10.6 Å². The predicted octanol–water partition coefficient (Wildman–Crippen LogP) is 4.08. The highest BCUT2D eigenvalue weighted by molar-refractivity contribution is 7.08. The Balaban J connectivity index is 1.93. The molecule has 2 rings (SSSR count). The van der Waals surface area contributed by atoms with Gasteiger partial charge in [-0.3, -0.25) is 0 Å². The summed E-state index contributed by atoms with van der Waals surface area (Å²) in [7, 11) is 0. The van der Waals surface area contributed by atoms with Gasteiger partial charge in [0.2, 0.25) is 0 Å². The van der Waals surface area contributed by atoms with Crippen molar-refractivity contribution in [3.05, 3.63) is 50.6 Å². The van der Waals surface area contributed by atoms with Crippen LogP contribution >= 0.6 is 34.5 Å². The van der Waals surface area contributed by atoms with Crippen LogP contribution in [0.25, 0.3) is 0 Å². The van der Waals surface area contributed by atoms with E-state index in [0.717, 1.165) is 5.56 Å². The molecule has 2 amide bonds. The van der Waals surface area contributed by atoms with E-state index in [4.69, 9.17) is 23.2 Å². The minimum Gasteiger partial charge on any atom is -0.384 e. The van der Waals surface area contributed by atoms with E-state index in [9.17, 15) is 9.90 Å². The standard InChI is InChI=1S/C14H14Cl2N2O2S/c1-14(20,9-4-5-21-7-9)8-17-13(19)18-12-3-2-10(15)6-11(12)16/h2-7,20H,8H2,1H3,(H2,17,18,19). The first-order valence-corrected chi connectivity index (χ1v) is 7.83. The summed E-state index contributed by atoms with van der Waals surface area (Å²) in [5, 5.41) is 20.1. The molecular formula is C14H14Cl2N2O2S. The smallest absolute Gasteiger partial charge is 0.319 e. The van der Waals surface area contributed by atoms with Crippen molar-refractivity contribution in [3.63, 3.8) is 0 Å². The highest BCUT2D eigenvalue weighted by Crippen LogP contribution is 2.25. The predicted molar refractivity (Wildman–Crippen MR) is 87.4 cm³/mol. The zero-order chi connectivity index (χ0) is 15.5. The van der Waals surface area contributed by atoms with Gasteiger partial charge < -0.3 is 15.7 Å². The maximum absolute atomic E-state index is 11.8. The Hall–Kier alpha value is -1.27. The molecule has 0 spiro atoms. The maximum atomic E-state index is 11.8. The topological polar surface area (TPSA) is 61.4 Å². The molecule has 1 atom stereocenters. The van der Waals surface area contributed by atoms with Crippen molar-refractivity contribution >= 4 is 46.3 Å². The Morgan fingerprint density at radius 2 is 2.14 bits per heavy atom. The van der Waals surface area contributed by atoms with Crippen LogP contribution in [0, 0.1) is 0 Å². The van der Waals surface area contributed by atoms with Crippen LogP contribution in [-0.2, 0) is 5.60 Å². The fraction of sp³-hybridized carbons (Fsp3) is 0.214. The summed E-state index contributed by atoms with van der Waals surface area (Å²) < 4.78 is 0. The summed E-state index contributed by atoms with van der Waals surface area (Å²) in [5.41, 5.74) is 0.0901. The molecule has 3 N–H and O–H groups in total. The van der Waals surface area contributed by atoms with Crippen LogP contribution in [0.2, 0.25) is 10.0 Å². The molecule has 0 fully saturated rings.